The minimum absolute atomic E-state index is 0.00449. The second kappa shape index (κ2) is 4.40. The number of carbonyl (C=O) groups excluding carboxylic acids is 2. The van der Waals surface area contributed by atoms with Crippen molar-refractivity contribution in [2.24, 2.45) is 0 Å². The average molecular weight is 249 g/mol. The van der Waals surface area contributed by atoms with Crippen LogP contribution < -0.4 is 4.74 Å². The Morgan fingerprint density at radius 3 is 2.67 bits per heavy atom. The number of benzene rings is 1. The first-order valence-corrected chi connectivity index (χ1v) is 5.14. The van der Waals surface area contributed by atoms with Gasteiger partial charge in [0.2, 0.25) is 0 Å². The van der Waals surface area contributed by atoms with Gasteiger partial charge in [-0.15, -0.1) is 0 Å². The SMILES string of the molecule is COC(=O)c1cc2ccc(O)c(OC(C)=O)c2[nH]1. The van der Waals surface area contributed by atoms with Crippen molar-refractivity contribution in [3.8, 4) is 11.5 Å². The first-order chi connectivity index (χ1) is 8.52. The number of aromatic amines is 1. The van der Waals surface area contributed by atoms with Crippen molar-refractivity contribution in [1.29, 1.82) is 0 Å². The third kappa shape index (κ3) is 2.00. The molecule has 0 radical (unpaired) electrons. The van der Waals surface area contributed by atoms with E-state index in [4.69, 9.17) is 4.74 Å². The molecule has 0 atom stereocenters. The maximum atomic E-state index is 11.4. The van der Waals surface area contributed by atoms with Gasteiger partial charge in [0, 0.05) is 12.3 Å². The highest BCUT2D eigenvalue weighted by Gasteiger charge is 2.16. The molecule has 0 aliphatic carbocycles. The van der Waals surface area contributed by atoms with Gasteiger partial charge in [0.15, 0.2) is 11.5 Å². The normalized spacial score (nSPS) is 10.3. The summed E-state index contributed by atoms with van der Waals surface area (Å²) in [5.41, 5.74) is 0.581. The van der Waals surface area contributed by atoms with Crippen LogP contribution in [0.4, 0.5) is 0 Å². The summed E-state index contributed by atoms with van der Waals surface area (Å²) in [6.07, 6.45) is 0. The van der Waals surface area contributed by atoms with Crippen molar-refractivity contribution >= 4 is 22.8 Å². The molecule has 2 aromatic rings. The van der Waals surface area contributed by atoms with Crippen LogP contribution in [0, 0.1) is 0 Å². The van der Waals surface area contributed by atoms with Crippen LogP contribution in [0.5, 0.6) is 11.5 Å². The van der Waals surface area contributed by atoms with Gasteiger partial charge in [-0.05, 0) is 18.2 Å². The summed E-state index contributed by atoms with van der Waals surface area (Å²) < 4.78 is 9.49. The lowest BCUT2D eigenvalue weighted by molar-refractivity contribution is -0.131. The second-order valence-electron chi connectivity index (χ2n) is 3.65. The van der Waals surface area contributed by atoms with Crippen LogP contribution in [0.15, 0.2) is 18.2 Å². The highest BCUT2D eigenvalue weighted by atomic mass is 16.5. The predicted octanol–water partition coefficient (Wildman–Crippen LogP) is 1.59. The maximum absolute atomic E-state index is 11.4. The molecule has 0 fully saturated rings. The largest absolute Gasteiger partial charge is 0.504 e. The molecule has 94 valence electrons. The predicted molar refractivity (Wildman–Crippen MR) is 62.6 cm³/mol. The lowest BCUT2D eigenvalue weighted by Crippen LogP contribution is -2.03. The minimum atomic E-state index is -0.563. The number of aromatic hydroxyl groups is 1. The molecule has 2 N–H and O–H groups in total. The fraction of sp³-hybridized carbons (Fsp3) is 0.167. The topological polar surface area (TPSA) is 88.6 Å². The van der Waals surface area contributed by atoms with E-state index in [1.54, 1.807) is 12.1 Å². The van der Waals surface area contributed by atoms with Gasteiger partial charge in [-0.1, -0.05) is 0 Å². The van der Waals surface area contributed by atoms with Crippen LogP contribution in [0.2, 0.25) is 0 Å². The number of H-pyrrole nitrogens is 1. The number of hydrogen-bond donors (Lipinski definition) is 2. The van der Waals surface area contributed by atoms with Crippen molar-refractivity contribution in [3.63, 3.8) is 0 Å². The van der Waals surface area contributed by atoms with Crippen LogP contribution in [0.25, 0.3) is 10.9 Å². The number of methoxy groups -OCH3 is 1. The highest BCUT2D eigenvalue weighted by molar-refractivity contribution is 5.98. The third-order valence-corrected chi connectivity index (χ3v) is 2.38. The van der Waals surface area contributed by atoms with Crippen LogP contribution in [0.1, 0.15) is 17.4 Å². The summed E-state index contributed by atoms with van der Waals surface area (Å²) in [6, 6.07) is 4.53. The molecule has 6 nitrogen and oxygen atoms in total. The number of ether oxygens (including phenoxy) is 2. The number of phenols is 1. The molecule has 0 aliphatic rings. The van der Waals surface area contributed by atoms with Crippen LogP contribution >= 0.6 is 0 Å². The molecule has 0 amide bonds. The van der Waals surface area contributed by atoms with Crippen LogP contribution in [-0.4, -0.2) is 29.1 Å². The lowest BCUT2D eigenvalue weighted by Gasteiger charge is -2.04. The summed E-state index contributed by atoms with van der Waals surface area (Å²) in [5, 5.41) is 10.3. The third-order valence-electron chi connectivity index (χ3n) is 2.38. The van der Waals surface area contributed by atoms with Gasteiger partial charge in [0.05, 0.1) is 12.6 Å². The number of esters is 2. The van der Waals surface area contributed by atoms with Crippen molar-refractivity contribution in [3.05, 3.63) is 23.9 Å². The zero-order valence-electron chi connectivity index (χ0n) is 9.81. The van der Waals surface area contributed by atoms with Gasteiger partial charge >= 0.3 is 11.9 Å². The minimum Gasteiger partial charge on any atom is -0.504 e. The number of rotatable bonds is 2. The summed E-state index contributed by atoms with van der Waals surface area (Å²) in [6.45, 7) is 1.22. The first-order valence-electron chi connectivity index (χ1n) is 5.14. The van der Waals surface area contributed by atoms with E-state index in [0.717, 1.165) is 0 Å². The van der Waals surface area contributed by atoms with Gasteiger partial charge in [0.25, 0.3) is 0 Å². The molecule has 0 aliphatic heterocycles. The van der Waals surface area contributed by atoms with Gasteiger partial charge < -0.3 is 19.6 Å². The Balaban J connectivity index is 2.61. The average Bonchev–Trinajstić information content (AvgIpc) is 2.75. The Morgan fingerprint density at radius 1 is 1.33 bits per heavy atom. The number of hydrogen-bond acceptors (Lipinski definition) is 5. The zero-order chi connectivity index (χ0) is 13.3. The van der Waals surface area contributed by atoms with E-state index in [2.05, 4.69) is 9.72 Å². The number of carbonyl (C=O) groups is 2. The number of aromatic nitrogens is 1. The summed E-state index contributed by atoms with van der Waals surface area (Å²) >= 11 is 0. The molecule has 0 unspecified atom stereocenters. The van der Waals surface area contributed by atoms with Crippen molar-refractivity contribution in [2.75, 3.05) is 7.11 Å². The smallest absolute Gasteiger partial charge is 0.354 e. The lowest BCUT2D eigenvalue weighted by atomic mass is 10.2. The fourth-order valence-electron chi connectivity index (χ4n) is 1.63. The fourth-order valence-corrected chi connectivity index (χ4v) is 1.63. The molecular formula is C12H11NO5. The Morgan fingerprint density at radius 2 is 2.06 bits per heavy atom. The molecule has 1 aromatic carbocycles. The molecule has 0 spiro atoms. The molecule has 1 aromatic heterocycles. The Hall–Kier alpha value is -2.50. The second-order valence-corrected chi connectivity index (χ2v) is 3.65. The zero-order valence-corrected chi connectivity index (χ0v) is 9.81. The summed E-state index contributed by atoms with van der Waals surface area (Å²) in [5.74, 6) is -1.29. The standard InChI is InChI=1S/C12H11NO5/c1-6(14)18-11-9(15)4-3-7-5-8(12(16)17-2)13-10(7)11/h3-5,13,15H,1-2H3. The van der Waals surface area contributed by atoms with Gasteiger partial charge in [0.1, 0.15) is 5.69 Å². The van der Waals surface area contributed by atoms with Crippen LogP contribution in [-0.2, 0) is 9.53 Å². The van der Waals surface area contributed by atoms with Gasteiger partial charge in [-0.2, -0.15) is 0 Å². The molecule has 18 heavy (non-hydrogen) atoms. The number of fused-ring (bicyclic) bond motifs is 1. The van der Waals surface area contributed by atoms with E-state index in [0.29, 0.717) is 10.9 Å². The monoisotopic (exact) mass is 249 g/mol. The van der Waals surface area contributed by atoms with Gasteiger partial charge in [-0.25, -0.2) is 4.79 Å². The molecule has 1 heterocycles. The molecule has 0 bridgehead atoms. The molecule has 6 heteroatoms. The van der Waals surface area contributed by atoms with Crippen molar-refractivity contribution < 1.29 is 24.2 Å². The number of phenolic OH excluding ortho intramolecular Hbond substituents is 1. The quantitative estimate of drug-likeness (QED) is 0.623. The van der Waals surface area contributed by atoms with Crippen molar-refractivity contribution in [1.82, 2.24) is 4.98 Å². The molecule has 2 rings (SSSR count). The maximum Gasteiger partial charge on any atom is 0.354 e. The van der Waals surface area contributed by atoms with Gasteiger partial charge in [-0.3, -0.25) is 4.79 Å². The van der Waals surface area contributed by atoms with E-state index < -0.39 is 11.9 Å². The van der Waals surface area contributed by atoms with Crippen molar-refractivity contribution in [2.45, 2.75) is 6.92 Å². The molecular weight excluding hydrogens is 238 g/mol. The van der Waals surface area contributed by atoms with E-state index in [1.165, 1.54) is 20.1 Å². The van der Waals surface area contributed by atoms with E-state index in [-0.39, 0.29) is 17.2 Å². The molecule has 0 saturated carbocycles. The van der Waals surface area contributed by atoms with E-state index >= 15 is 0 Å². The van der Waals surface area contributed by atoms with Crippen LogP contribution in [0.3, 0.4) is 0 Å². The summed E-state index contributed by atoms with van der Waals surface area (Å²) in [7, 11) is 1.26. The van der Waals surface area contributed by atoms with E-state index in [9.17, 15) is 14.7 Å². The van der Waals surface area contributed by atoms with E-state index in [1.807, 2.05) is 0 Å². The summed E-state index contributed by atoms with van der Waals surface area (Å²) in [4.78, 5) is 25.1. The Bertz CT molecular complexity index is 629. The Kier molecular flexibility index (Phi) is 2.93. The highest BCUT2D eigenvalue weighted by Crippen LogP contribution is 2.34. The Labute approximate surface area is 102 Å². The first kappa shape index (κ1) is 12.0. The number of nitrogens with one attached hydrogen (secondary N) is 1. The molecule has 0 saturated heterocycles.